The Labute approximate surface area is 113 Å². The Bertz CT molecular complexity index is 516. The lowest BCUT2D eigenvalue weighted by Crippen LogP contribution is -2.44. The SMILES string of the molecule is CC1CN(C(=O)c2cccc(C#CCO)c2)CCO1. The van der Waals surface area contributed by atoms with E-state index in [1.807, 2.05) is 13.0 Å². The zero-order valence-corrected chi connectivity index (χ0v) is 10.9. The molecule has 0 aliphatic carbocycles. The molecule has 1 unspecified atom stereocenters. The normalized spacial score (nSPS) is 18.6. The molecule has 0 saturated carbocycles. The van der Waals surface area contributed by atoms with Crippen molar-refractivity contribution in [1.82, 2.24) is 4.90 Å². The van der Waals surface area contributed by atoms with Gasteiger partial charge in [-0.15, -0.1) is 0 Å². The van der Waals surface area contributed by atoms with Gasteiger partial charge in [-0.2, -0.15) is 0 Å². The highest BCUT2D eigenvalue weighted by molar-refractivity contribution is 5.94. The van der Waals surface area contributed by atoms with Gasteiger partial charge < -0.3 is 14.7 Å². The van der Waals surface area contributed by atoms with Crippen LogP contribution in [0.1, 0.15) is 22.8 Å². The summed E-state index contributed by atoms with van der Waals surface area (Å²) in [6, 6.07) is 7.16. The van der Waals surface area contributed by atoms with Gasteiger partial charge in [0, 0.05) is 24.2 Å². The molecule has 100 valence electrons. The quantitative estimate of drug-likeness (QED) is 0.762. The zero-order chi connectivity index (χ0) is 13.7. The second-order valence-corrected chi connectivity index (χ2v) is 4.47. The molecule has 1 aromatic rings. The Balaban J connectivity index is 2.14. The number of carbonyl (C=O) groups is 1. The van der Waals surface area contributed by atoms with E-state index < -0.39 is 0 Å². The lowest BCUT2D eigenvalue weighted by Gasteiger charge is -2.31. The van der Waals surface area contributed by atoms with Crippen LogP contribution in [0.4, 0.5) is 0 Å². The van der Waals surface area contributed by atoms with E-state index >= 15 is 0 Å². The van der Waals surface area contributed by atoms with Gasteiger partial charge in [0.2, 0.25) is 0 Å². The van der Waals surface area contributed by atoms with Crippen molar-refractivity contribution in [1.29, 1.82) is 0 Å². The minimum Gasteiger partial charge on any atom is -0.384 e. The number of ether oxygens (including phenoxy) is 1. The van der Waals surface area contributed by atoms with E-state index in [0.717, 1.165) is 5.56 Å². The number of aliphatic hydroxyl groups excluding tert-OH is 1. The van der Waals surface area contributed by atoms with Crippen molar-refractivity contribution in [2.75, 3.05) is 26.3 Å². The summed E-state index contributed by atoms with van der Waals surface area (Å²) < 4.78 is 5.43. The van der Waals surface area contributed by atoms with Gasteiger partial charge in [0.25, 0.3) is 5.91 Å². The molecule has 2 rings (SSSR count). The van der Waals surface area contributed by atoms with Crippen LogP contribution < -0.4 is 0 Å². The molecule has 19 heavy (non-hydrogen) atoms. The number of hydrogen-bond donors (Lipinski definition) is 1. The third-order valence-electron chi connectivity index (χ3n) is 2.95. The maximum absolute atomic E-state index is 12.3. The molecule has 1 N–H and O–H groups in total. The standard InChI is InChI=1S/C15H17NO3/c1-12-11-16(7-9-19-12)15(18)14-6-2-4-13(10-14)5-3-8-17/h2,4,6,10,12,17H,7-9,11H2,1H3. The van der Waals surface area contributed by atoms with Gasteiger partial charge >= 0.3 is 0 Å². The van der Waals surface area contributed by atoms with E-state index in [4.69, 9.17) is 9.84 Å². The van der Waals surface area contributed by atoms with Crippen molar-refractivity contribution >= 4 is 5.91 Å². The predicted octanol–water partition coefficient (Wildman–Crippen LogP) is 0.891. The first-order chi connectivity index (χ1) is 9.20. The van der Waals surface area contributed by atoms with Crippen LogP contribution in [-0.2, 0) is 4.74 Å². The lowest BCUT2D eigenvalue weighted by molar-refractivity contribution is -0.0124. The van der Waals surface area contributed by atoms with Crippen LogP contribution in [0.15, 0.2) is 24.3 Å². The first-order valence-corrected chi connectivity index (χ1v) is 6.31. The molecule has 4 nitrogen and oxygen atoms in total. The molecular weight excluding hydrogens is 242 g/mol. The van der Waals surface area contributed by atoms with E-state index in [1.165, 1.54) is 0 Å². The van der Waals surface area contributed by atoms with Crippen LogP contribution in [0.3, 0.4) is 0 Å². The topological polar surface area (TPSA) is 49.8 Å². The molecule has 1 aliphatic rings. The van der Waals surface area contributed by atoms with Gasteiger partial charge in [0.05, 0.1) is 12.7 Å². The van der Waals surface area contributed by atoms with Crippen molar-refractivity contribution in [3.05, 3.63) is 35.4 Å². The van der Waals surface area contributed by atoms with Gasteiger partial charge in [-0.25, -0.2) is 0 Å². The summed E-state index contributed by atoms with van der Waals surface area (Å²) in [5, 5.41) is 8.68. The van der Waals surface area contributed by atoms with Crippen molar-refractivity contribution in [2.24, 2.45) is 0 Å². The minimum absolute atomic E-state index is 0.00259. The third kappa shape index (κ3) is 3.57. The molecule has 4 heteroatoms. The zero-order valence-electron chi connectivity index (χ0n) is 10.9. The molecule has 0 aromatic heterocycles. The maximum atomic E-state index is 12.3. The number of benzene rings is 1. The largest absolute Gasteiger partial charge is 0.384 e. The Morgan fingerprint density at radius 3 is 3.16 bits per heavy atom. The Morgan fingerprint density at radius 1 is 1.58 bits per heavy atom. The summed E-state index contributed by atoms with van der Waals surface area (Å²) in [7, 11) is 0. The van der Waals surface area contributed by atoms with Crippen molar-refractivity contribution < 1.29 is 14.6 Å². The molecule has 0 spiro atoms. The molecule has 1 amide bonds. The molecule has 1 saturated heterocycles. The Morgan fingerprint density at radius 2 is 2.42 bits per heavy atom. The van der Waals surface area contributed by atoms with E-state index in [9.17, 15) is 4.79 Å². The second kappa shape index (κ2) is 6.37. The summed E-state index contributed by atoms with van der Waals surface area (Å²) in [4.78, 5) is 14.1. The summed E-state index contributed by atoms with van der Waals surface area (Å²) >= 11 is 0. The number of nitrogens with zero attached hydrogens (tertiary/aromatic N) is 1. The maximum Gasteiger partial charge on any atom is 0.254 e. The number of rotatable bonds is 1. The van der Waals surface area contributed by atoms with Crippen LogP contribution in [-0.4, -0.2) is 48.3 Å². The molecule has 0 radical (unpaired) electrons. The van der Waals surface area contributed by atoms with Crippen LogP contribution >= 0.6 is 0 Å². The molecule has 1 aliphatic heterocycles. The summed E-state index contributed by atoms with van der Waals surface area (Å²) in [5.74, 6) is 5.39. The second-order valence-electron chi connectivity index (χ2n) is 4.47. The number of hydrogen-bond acceptors (Lipinski definition) is 3. The summed E-state index contributed by atoms with van der Waals surface area (Å²) in [6.45, 7) is 3.60. The van der Waals surface area contributed by atoms with Crippen molar-refractivity contribution in [2.45, 2.75) is 13.0 Å². The highest BCUT2D eigenvalue weighted by Gasteiger charge is 2.22. The van der Waals surface area contributed by atoms with Gasteiger partial charge in [0.15, 0.2) is 0 Å². The van der Waals surface area contributed by atoms with Crippen molar-refractivity contribution in [3.63, 3.8) is 0 Å². The van der Waals surface area contributed by atoms with E-state index in [0.29, 0.717) is 25.3 Å². The average molecular weight is 259 g/mol. The van der Waals surface area contributed by atoms with Gasteiger partial charge in [-0.1, -0.05) is 17.9 Å². The third-order valence-corrected chi connectivity index (χ3v) is 2.95. The average Bonchev–Trinajstić information content (AvgIpc) is 2.44. The van der Waals surface area contributed by atoms with Crippen LogP contribution in [0.5, 0.6) is 0 Å². The monoisotopic (exact) mass is 259 g/mol. The summed E-state index contributed by atoms with van der Waals surface area (Å²) in [6.07, 6.45) is 0.0788. The Hall–Kier alpha value is -1.83. The first-order valence-electron chi connectivity index (χ1n) is 6.31. The van der Waals surface area contributed by atoms with E-state index in [1.54, 1.807) is 23.1 Å². The smallest absolute Gasteiger partial charge is 0.254 e. The number of amides is 1. The van der Waals surface area contributed by atoms with E-state index in [-0.39, 0.29) is 18.6 Å². The molecular formula is C15H17NO3. The molecule has 1 fully saturated rings. The number of aliphatic hydroxyl groups is 1. The minimum atomic E-state index is -0.181. The highest BCUT2D eigenvalue weighted by Crippen LogP contribution is 2.11. The fourth-order valence-corrected chi connectivity index (χ4v) is 2.06. The molecule has 1 aromatic carbocycles. The van der Waals surface area contributed by atoms with Gasteiger partial charge in [0.1, 0.15) is 6.61 Å². The predicted molar refractivity (Wildman–Crippen MR) is 71.7 cm³/mol. The first kappa shape index (κ1) is 13.6. The van der Waals surface area contributed by atoms with Crippen molar-refractivity contribution in [3.8, 4) is 11.8 Å². The van der Waals surface area contributed by atoms with E-state index in [2.05, 4.69) is 11.8 Å². The van der Waals surface area contributed by atoms with Crippen LogP contribution in [0.2, 0.25) is 0 Å². The lowest BCUT2D eigenvalue weighted by atomic mass is 10.1. The Kier molecular flexibility index (Phi) is 4.56. The van der Waals surface area contributed by atoms with Crippen LogP contribution in [0.25, 0.3) is 0 Å². The van der Waals surface area contributed by atoms with Gasteiger partial charge in [-0.3, -0.25) is 4.79 Å². The van der Waals surface area contributed by atoms with Gasteiger partial charge in [-0.05, 0) is 25.1 Å². The highest BCUT2D eigenvalue weighted by atomic mass is 16.5. The number of morpholine rings is 1. The fraction of sp³-hybridized carbons (Fsp3) is 0.400. The fourth-order valence-electron chi connectivity index (χ4n) is 2.06. The summed E-state index contributed by atoms with van der Waals surface area (Å²) in [5.41, 5.74) is 1.36. The number of carbonyl (C=O) groups excluding carboxylic acids is 1. The molecule has 0 bridgehead atoms. The molecule has 1 heterocycles. The molecule has 1 atom stereocenters. The van der Waals surface area contributed by atoms with Crippen LogP contribution in [0, 0.1) is 11.8 Å².